The molecule has 64 valence electrons. The maximum Gasteiger partial charge on any atom is 0.126 e. The predicted octanol–water partition coefficient (Wildman–Crippen LogP) is 1.80. The van der Waals surface area contributed by atoms with Crippen LogP contribution in [0.25, 0.3) is 0 Å². The molecule has 2 heteroatoms. The highest BCUT2D eigenvalue weighted by Crippen LogP contribution is 2.00. The summed E-state index contributed by atoms with van der Waals surface area (Å²) in [6.07, 6.45) is 5.80. The van der Waals surface area contributed by atoms with E-state index in [1.165, 1.54) is 0 Å². The standard InChI is InChI=1S/C9H16O2/c1-4-9(11-3)6-5-8(2)7-10/h5-9H,4H2,1-3H3. The smallest absolute Gasteiger partial charge is 0.126 e. The first-order valence-corrected chi connectivity index (χ1v) is 3.91. The van der Waals surface area contributed by atoms with Crippen molar-refractivity contribution in [2.24, 2.45) is 5.92 Å². The minimum atomic E-state index is -0.000741. The van der Waals surface area contributed by atoms with Gasteiger partial charge >= 0.3 is 0 Å². The lowest BCUT2D eigenvalue weighted by atomic mass is 10.1. The van der Waals surface area contributed by atoms with Crippen molar-refractivity contribution in [1.82, 2.24) is 0 Å². The molecule has 0 aliphatic rings. The highest BCUT2D eigenvalue weighted by atomic mass is 16.5. The van der Waals surface area contributed by atoms with Crippen molar-refractivity contribution in [3.8, 4) is 0 Å². The van der Waals surface area contributed by atoms with Gasteiger partial charge in [-0.25, -0.2) is 0 Å². The van der Waals surface area contributed by atoms with Gasteiger partial charge in [-0.15, -0.1) is 0 Å². The number of methoxy groups -OCH3 is 1. The largest absolute Gasteiger partial charge is 0.377 e. The number of hydrogen-bond acceptors (Lipinski definition) is 2. The quantitative estimate of drug-likeness (QED) is 0.448. The lowest BCUT2D eigenvalue weighted by Gasteiger charge is -2.06. The van der Waals surface area contributed by atoms with Crippen molar-refractivity contribution in [2.75, 3.05) is 7.11 Å². The first kappa shape index (κ1) is 10.4. The third-order valence-electron chi connectivity index (χ3n) is 1.55. The van der Waals surface area contributed by atoms with Gasteiger partial charge in [0.15, 0.2) is 0 Å². The summed E-state index contributed by atoms with van der Waals surface area (Å²) in [7, 11) is 1.67. The molecule has 0 bridgehead atoms. The van der Waals surface area contributed by atoms with E-state index in [-0.39, 0.29) is 12.0 Å². The second kappa shape index (κ2) is 6.10. The van der Waals surface area contributed by atoms with Gasteiger partial charge < -0.3 is 9.53 Å². The van der Waals surface area contributed by atoms with Crippen LogP contribution in [0.1, 0.15) is 20.3 Å². The average Bonchev–Trinajstić information content (AvgIpc) is 2.06. The maximum absolute atomic E-state index is 10.2. The Morgan fingerprint density at radius 1 is 1.45 bits per heavy atom. The molecule has 0 radical (unpaired) electrons. The predicted molar refractivity (Wildman–Crippen MR) is 45.5 cm³/mol. The van der Waals surface area contributed by atoms with Crippen LogP contribution in [0.15, 0.2) is 12.2 Å². The number of rotatable bonds is 5. The lowest BCUT2D eigenvalue weighted by Crippen LogP contribution is -2.05. The summed E-state index contributed by atoms with van der Waals surface area (Å²) in [5.74, 6) is -0.000741. The normalized spacial score (nSPS) is 16.6. The molecule has 0 spiro atoms. The van der Waals surface area contributed by atoms with E-state index in [4.69, 9.17) is 4.74 Å². The van der Waals surface area contributed by atoms with E-state index in [1.54, 1.807) is 7.11 Å². The molecule has 0 aromatic carbocycles. The van der Waals surface area contributed by atoms with Crippen LogP contribution in [-0.4, -0.2) is 19.5 Å². The maximum atomic E-state index is 10.2. The third kappa shape index (κ3) is 4.73. The second-order valence-corrected chi connectivity index (χ2v) is 2.56. The lowest BCUT2D eigenvalue weighted by molar-refractivity contribution is -0.109. The molecule has 0 aliphatic heterocycles. The van der Waals surface area contributed by atoms with E-state index in [0.29, 0.717) is 0 Å². The number of ether oxygens (including phenoxy) is 1. The average molecular weight is 156 g/mol. The number of hydrogen-bond donors (Lipinski definition) is 0. The molecule has 0 aromatic heterocycles. The van der Waals surface area contributed by atoms with Crippen LogP contribution < -0.4 is 0 Å². The van der Waals surface area contributed by atoms with Crippen molar-refractivity contribution in [2.45, 2.75) is 26.4 Å². The molecule has 2 atom stereocenters. The van der Waals surface area contributed by atoms with Gasteiger partial charge in [-0.3, -0.25) is 0 Å². The fourth-order valence-electron chi connectivity index (χ4n) is 0.726. The van der Waals surface area contributed by atoms with Gasteiger partial charge in [0.05, 0.1) is 6.10 Å². The van der Waals surface area contributed by atoms with Crippen molar-refractivity contribution in [1.29, 1.82) is 0 Å². The summed E-state index contributed by atoms with van der Waals surface area (Å²) < 4.78 is 5.09. The zero-order valence-electron chi connectivity index (χ0n) is 7.41. The Hall–Kier alpha value is -0.630. The molecule has 0 saturated heterocycles. The van der Waals surface area contributed by atoms with Gasteiger partial charge in [0.2, 0.25) is 0 Å². The van der Waals surface area contributed by atoms with Gasteiger partial charge in [-0.05, 0) is 6.42 Å². The van der Waals surface area contributed by atoms with Gasteiger partial charge in [-0.1, -0.05) is 26.0 Å². The van der Waals surface area contributed by atoms with Crippen LogP contribution in [0.3, 0.4) is 0 Å². The van der Waals surface area contributed by atoms with E-state index in [0.717, 1.165) is 12.7 Å². The Morgan fingerprint density at radius 2 is 2.09 bits per heavy atom. The van der Waals surface area contributed by atoms with Crippen LogP contribution in [-0.2, 0) is 9.53 Å². The monoisotopic (exact) mass is 156 g/mol. The van der Waals surface area contributed by atoms with Crippen molar-refractivity contribution < 1.29 is 9.53 Å². The Morgan fingerprint density at radius 3 is 2.45 bits per heavy atom. The summed E-state index contributed by atoms with van der Waals surface area (Å²) in [4.78, 5) is 10.2. The SMILES string of the molecule is CCC(C=CC(C)C=O)OC. The van der Waals surface area contributed by atoms with E-state index >= 15 is 0 Å². The molecule has 0 aromatic rings. The second-order valence-electron chi connectivity index (χ2n) is 2.56. The number of aldehydes is 1. The molecule has 0 saturated carbocycles. The van der Waals surface area contributed by atoms with Gasteiger partial charge in [-0.2, -0.15) is 0 Å². The van der Waals surface area contributed by atoms with Crippen LogP contribution in [0.2, 0.25) is 0 Å². The molecule has 0 aliphatic carbocycles. The number of carbonyl (C=O) groups is 1. The molecule has 0 heterocycles. The minimum absolute atomic E-state index is 0.000741. The molecule has 0 rings (SSSR count). The zero-order chi connectivity index (χ0) is 8.69. The van der Waals surface area contributed by atoms with Gasteiger partial charge in [0.1, 0.15) is 6.29 Å². The highest BCUT2D eigenvalue weighted by molar-refractivity contribution is 5.55. The zero-order valence-corrected chi connectivity index (χ0v) is 7.41. The fourth-order valence-corrected chi connectivity index (χ4v) is 0.726. The summed E-state index contributed by atoms with van der Waals surface area (Å²) in [5, 5.41) is 0. The molecule has 2 nitrogen and oxygen atoms in total. The Kier molecular flexibility index (Phi) is 5.75. The van der Waals surface area contributed by atoms with E-state index in [2.05, 4.69) is 0 Å². The van der Waals surface area contributed by atoms with Crippen LogP contribution >= 0.6 is 0 Å². The van der Waals surface area contributed by atoms with E-state index in [1.807, 2.05) is 26.0 Å². The van der Waals surface area contributed by atoms with Crippen molar-refractivity contribution in [3.05, 3.63) is 12.2 Å². The Bertz CT molecular complexity index is 126. The molecular weight excluding hydrogens is 140 g/mol. The van der Waals surface area contributed by atoms with Gasteiger partial charge in [0.25, 0.3) is 0 Å². The number of allylic oxidation sites excluding steroid dienone is 1. The van der Waals surface area contributed by atoms with Gasteiger partial charge in [0, 0.05) is 13.0 Å². The summed E-state index contributed by atoms with van der Waals surface area (Å²) in [6.45, 7) is 3.90. The summed E-state index contributed by atoms with van der Waals surface area (Å²) in [5.41, 5.74) is 0. The summed E-state index contributed by atoms with van der Waals surface area (Å²) in [6, 6.07) is 0. The molecule has 0 N–H and O–H groups in total. The summed E-state index contributed by atoms with van der Waals surface area (Å²) >= 11 is 0. The topological polar surface area (TPSA) is 26.3 Å². The third-order valence-corrected chi connectivity index (χ3v) is 1.55. The molecule has 0 fully saturated rings. The fraction of sp³-hybridized carbons (Fsp3) is 0.667. The van der Waals surface area contributed by atoms with Crippen molar-refractivity contribution >= 4 is 6.29 Å². The molecule has 0 amide bonds. The molecule has 11 heavy (non-hydrogen) atoms. The van der Waals surface area contributed by atoms with Crippen molar-refractivity contribution in [3.63, 3.8) is 0 Å². The first-order chi connectivity index (χ1) is 5.24. The minimum Gasteiger partial charge on any atom is -0.377 e. The van der Waals surface area contributed by atoms with Crippen LogP contribution in [0.5, 0.6) is 0 Å². The Balaban J connectivity index is 3.77. The first-order valence-electron chi connectivity index (χ1n) is 3.91. The molecular formula is C9H16O2. The van der Waals surface area contributed by atoms with Crippen LogP contribution in [0.4, 0.5) is 0 Å². The number of carbonyl (C=O) groups excluding carboxylic acids is 1. The Labute approximate surface area is 68.2 Å². The molecule has 2 unspecified atom stereocenters. The highest BCUT2D eigenvalue weighted by Gasteiger charge is 1.98. The van der Waals surface area contributed by atoms with E-state index in [9.17, 15) is 4.79 Å². The van der Waals surface area contributed by atoms with E-state index < -0.39 is 0 Å². The van der Waals surface area contributed by atoms with Crippen LogP contribution in [0, 0.1) is 5.92 Å².